The fourth-order valence-corrected chi connectivity index (χ4v) is 4.78. The summed E-state index contributed by atoms with van der Waals surface area (Å²) in [7, 11) is 0. The van der Waals surface area contributed by atoms with Gasteiger partial charge in [-0.3, -0.25) is 0 Å². The standard InChI is InChI=1S/C26H33ClF2/c1-2-3-4-5-6-7-19-8-12-21(13-9-19)22-17-25(28)24(26(29)18-22)16-20-10-14-23(27)15-11-20/h10-11,14-15,17-19,21H,2-9,12-13,16H2,1H3. The Kier molecular flexibility index (Phi) is 8.53. The fraction of sp³-hybridized carbons (Fsp3) is 0.538. The molecule has 1 fully saturated rings. The first kappa shape index (κ1) is 22.3. The first-order chi connectivity index (χ1) is 14.1. The smallest absolute Gasteiger partial charge is 0.129 e. The highest BCUT2D eigenvalue weighted by Crippen LogP contribution is 2.38. The van der Waals surface area contributed by atoms with Crippen molar-refractivity contribution >= 4 is 11.6 Å². The summed E-state index contributed by atoms with van der Waals surface area (Å²) < 4.78 is 29.4. The van der Waals surface area contributed by atoms with Crippen LogP contribution in [-0.2, 0) is 6.42 Å². The summed E-state index contributed by atoms with van der Waals surface area (Å²) >= 11 is 5.89. The number of hydrogen-bond donors (Lipinski definition) is 0. The lowest BCUT2D eigenvalue weighted by atomic mass is 9.76. The summed E-state index contributed by atoms with van der Waals surface area (Å²) in [5.74, 6) is 0.243. The Morgan fingerprint density at radius 2 is 1.48 bits per heavy atom. The number of benzene rings is 2. The molecule has 3 rings (SSSR count). The summed E-state index contributed by atoms with van der Waals surface area (Å²) in [5, 5.41) is 0.626. The van der Waals surface area contributed by atoms with E-state index in [1.54, 1.807) is 24.3 Å². The monoisotopic (exact) mass is 418 g/mol. The SMILES string of the molecule is CCCCCCCC1CCC(c2cc(F)c(Cc3ccc(Cl)cc3)c(F)c2)CC1. The molecule has 158 valence electrons. The molecule has 0 atom stereocenters. The average molecular weight is 419 g/mol. The molecule has 0 nitrogen and oxygen atoms in total. The third kappa shape index (κ3) is 6.54. The van der Waals surface area contributed by atoms with Gasteiger partial charge >= 0.3 is 0 Å². The Hall–Kier alpha value is -1.41. The predicted octanol–water partition coefficient (Wildman–Crippen LogP) is 8.84. The molecule has 0 aliphatic heterocycles. The highest BCUT2D eigenvalue weighted by Gasteiger charge is 2.24. The lowest BCUT2D eigenvalue weighted by Crippen LogP contribution is -2.14. The minimum atomic E-state index is -0.423. The van der Waals surface area contributed by atoms with Crippen LogP contribution < -0.4 is 0 Å². The van der Waals surface area contributed by atoms with Crippen LogP contribution in [0.2, 0.25) is 5.02 Å². The molecule has 0 spiro atoms. The van der Waals surface area contributed by atoms with Crippen LogP contribution in [0.25, 0.3) is 0 Å². The topological polar surface area (TPSA) is 0 Å². The molecule has 29 heavy (non-hydrogen) atoms. The molecule has 2 aromatic rings. The molecule has 0 heterocycles. The van der Waals surface area contributed by atoms with E-state index in [0.29, 0.717) is 10.9 Å². The third-order valence-electron chi connectivity index (χ3n) is 6.49. The van der Waals surface area contributed by atoms with Crippen molar-refractivity contribution in [2.24, 2.45) is 5.92 Å². The summed E-state index contributed by atoms with van der Waals surface area (Å²) in [5.41, 5.74) is 1.84. The molecule has 0 amide bonds. The van der Waals surface area contributed by atoms with Gasteiger partial charge in [-0.2, -0.15) is 0 Å². The highest BCUT2D eigenvalue weighted by molar-refractivity contribution is 6.30. The van der Waals surface area contributed by atoms with Gasteiger partial charge in [0.1, 0.15) is 11.6 Å². The fourth-order valence-electron chi connectivity index (χ4n) is 4.65. The van der Waals surface area contributed by atoms with Crippen molar-refractivity contribution in [1.29, 1.82) is 0 Å². The Labute approximate surface area is 179 Å². The van der Waals surface area contributed by atoms with Gasteiger partial charge in [0.05, 0.1) is 0 Å². The van der Waals surface area contributed by atoms with E-state index in [4.69, 9.17) is 11.6 Å². The van der Waals surface area contributed by atoms with Crippen LogP contribution in [-0.4, -0.2) is 0 Å². The van der Waals surface area contributed by atoms with E-state index in [2.05, 4.69) is 6.92 Å². The maximum Gasteiger partial charge on any atom is 0.129 e. The van der Waals surface area contributed by atoms with Gasteiger partial charge in [0.15, 0.2) is 0 Å². The molecule has 3 heteroatoms. The molecular weight excluding hydrogens is 386 g/mol. The number of rotatable bonds is 9. The van der Waals surface area contributed by atoms with E-state index >= 15 is 0 Å². The molecule has 0 aromatic heterocycles. The quantitative estimate of drug-likeness (QED) is 0.356. The lowest BCUT2D eigenvalue weighted by molar-refractivity contribution is 0.301. The Bertz CT molecular complexity index is 738. The predicted molar refractivity (Wildman–Crippen MR) is 119 cm³/mol. The largest absolute Gasteiger partial charge is 0.207 e. The van der Waals surface area contributed by atoms with Gasteiger partial charge in [-0.15, -0.1) is 0 Å². The average Bonchev–Trinajstić information content (AvgIpc) is 2.72. The lowest BCUT2D eigenvalue weighted by Gasteiger charge is -2.29. The molecule has 0 N–H and O–H groups in total. The summed E-state index contributed by atoms with van der Waals surface area (Å²) in [4.78, 5) is 0. The van der Waals surface area contributed by atoms with Gasteiger partial charge in [0.2, 0.25) is 0 Å². The van der Waals surface area contributed by atoms with Crippen LogP contribution in [0, 0.1) is 17.6 Å². The number of hydrogen-bond acceptors (Lipinski definition) is 0. The second-order valence-electron chi connectivity index (χ2n) is 8.69. The van der Waals surface area contributed by atoms with Crippen molar-refractivity contribution in [3.05, 3.63) is 69.7 Å². The molecular formula is C26H33ClF2. The second-order valence-corrected chi connectivity index (χ2v) is 9.12. The zero-order valence-corrected chi connectivity index (χ0v) is 18.3. The van der Waals surface area contributed by atoms with Crippen LogP contribution in [0.3, 0.4) is 0 Å². The van der Waals surface area contributed by atoms with Gasteiger partial charge in [-0.1, -0.05) is 69.2 Å². The molecule has 0 saturated heterocycles. The third-order valence-corrected chi connectivity index (χ3v) is 6.74. The van der Waals surface area contributed by atoms with Crippen LogP contribution in [0.1, 0.15) is 93.7 Å². The van der Waals surface area contributed by atoms with Crippen molar-refractivity contribution in [3.8, 4) is 0 Å². The minimum absolute atomic E-state index is 0.150. The Morgan fingerprint density at radius 3 is 2.10 bits per heavy atom. The van der Waals surface area contributed by atoms with Gasteiger partial charge in [-0.05, 0) is 72.9 Å². The molecule has 1 aliphatic carbocycles. The van der Waals surface area contributed by atoms with Crippen molar-refractivity contribution in [2.75, 3.05) is 0 Å². The van der Waals surface area contributed by atoms with Crippen LogP contribution in [0.5, 0.6) is 0 Å². The maximum absolute atomic E-state index is 14.7. The van der Waals surface area contributed by atoms with Crippen LogP contribution >= 0.6 is 11.6 Å². The molecule has 0 unspecified atom stereocenters. The Morgan fingerprint density at radius 1 is 0.862 bits per heavy atom. The molecule has 0 radical (unpaired) electrons. The van der Waals surface area contributed by atoms with E-state index < -0.39 is 11.6 Å². The van der Waals surface area contributed by atoms with E-state index in [0.717, 1.165) is 29.9 Å². The van der Waals surface area contributed by atoms with Crippen molar-refractivity contribution < 1.29 is 8.78 Å². The summed E-state index contributed by atoms with van der Waals surface area (Å²) in [6.07, 6.45) is 12.7. The van der Waals surface area contributed by atoms with Crippen LogP contribution in [0.4, 0.5) is 8.78 Å². The van der Waals surface area contributed by atoms with Gasteiger partial charge in [-0.25, -0.2) is 8.78 Å². The zero-order chi connectivity index (χ0) is 20.6. The molecule has 0 bridgehead atoms. The number of halogens is 3. The van der Waals surface area contributed by atoms with E-state index in [9.17, 15) is 8.78 Å². The minimum Gasteiger partial charge on any atom is -0.207 e. The van der Waals surface area contributed by atoms with E-state index in [1.807, 2.05) is 12.1 Å². The van der Waals surface area contributed by atoms with Crippen molar-refractivity contribution in [2.45, 2.75) is 83.5 Å². The van der Waals surface area contributed by atoms with Gasteiger partial charge < -0.3 is 0 Å². The van der Waals surface area contributed by atoms with Crippen molar-refractivity contribution in [1.82, 2.24) is 0 Å². The first-order valence-electron chi connectivity index (χ1n) is 11.3. The van der Waals surface area contributed by atoms with Crippen LogP contribution in [0.15, 0.2) is 36.4 Å². The Balaban J connectivity index is 1.55. The highest BCUT2D eigenvalue weighted by atomic mass is 35.5. The normalized spacial score (nSPS) is 19.4. The zero-order valence-electron chi connectivity index (χ0n) is 17.5. The molecule has 2 aromatic carbocycles. The van der Waals surface area contributed by atoms with E-state index in [1.165, 1.54) is 51.4 Å². The maximum atomic E-state index is 14.7. The molecule has 1 saturated carbocycles. The molecule has 1 aliphatic rings. The summed E-state index contributed by atoms with van der Waals surface area (Å²) in [6, 6.07) is 10.3. The van der Waals surface area contributed by atoms with E-state index in [-0.39, 0.29) is 12.0 Å². The number of unbranched alkanes of at least 4 members (excludes halogenated alkanes) is 4. The van der Waals surface area contributed by atoms with Gasteiger partial charge in [0.25, 0.3) is 0 Å². The van der Waals surface area contributed by atoms with Gasteiger partial charge in [0, 0.05) is 17.0 Å². The second kappa shape index (κ2) is 11.1. The first-order valence-corrected chi connectivity index (χ1v) is 11.7. The summed E-state index contributed by atoms with van der Waals surface area (Å²) in [6.45, 7) is 2.25. The van der Waals surface area contributed by atoms with Crippen molar-refractivity contribution in [3.63, 3.8) is 0 Å².